The first-order valence-corrected chi connectivity index (χ1v) is 13.3. The molecule has 36 heavy (non-hydrogen) atoms. The zero-order valence-corrected chi connectivity index (χ0v) is 23.1. The third kappa shape index (κ3) is 5.83. The molecule has 8 heteroatoms. The Bertz CT molecular complexity index is 1290. The fourth-order valence-electron chi connectivity index (χ4n) is 3.94. The van der Waals surface area contributed by atoms with Gasteiger partial charge in [-0.05, 0) is 37.3 Å². The summed E-state index contributed by atoms with van der Waals surface area (Å²) in [5.74, 6) is 1.54. The Morgan fingerprint density at radius 1 is 1.06 bits per heavy atom. The third-order valence-electron chi connectivity index (χ3n) is 6.36. The molecule has 0 saturated heterocycles. The van der Waals surface area contributed by atoms with Crippen molar-refractivity contribution < 1.29 is 0 Å². The standard InChI is InChI=1S/C28H35N7S/c1-8-19(4)21-13-11-20(12-14-21)18-35-23(17-30)22(16-29)15-24(35)32-33-26-25(28(5,6)7)36-27(31-26)34(9-2)10-3/h11-15,19H,8-10,18H2,1-7H3. The molecule has 3 aromatic rings. The van der Waals surface area contributed by atoms with Gasteiger partial charge in [0.15, 0.2) is 16.8 Å². The van der Waals surface area contributed by atoms with E-state index in [1.807, 2.05) is 0 Å². The van der Waals surface area contributed by atoms with Gasteiger partial charge in [-0.1, -0.05) is 70.2 Å². The lowest BCUT2D eigenvalue weighted by molar-refractivity contribution is 0.603. The summed E-state index contributed by atoms with van der Waals surface area (Å²) in [4.78, 5) is 8.05. The van der Waals surface area contributed by atoms with Gasteiger partial charge in [-0.15, -0.1) is 10.2 Å². The highest BCUT2D eigenvalue weighted by Crippen LogP contribution is 2.40. The molecule has 0 spiro atoms. The normalized spacial score (nSPS) is 12.5. The molecule has 2 aromatic heterocycles. The summed E-state index contributed by atoms with van der Waals surface area (Å²) in [5.41, 5.74) is 2.75. The predicted octanol–water partition coefficient (Wildman–Crippen LogP) is 7.81. The first-order chi connectivity index (χ1) is 17.2. The minimum atomic E-state index is -0.146. The Hall–Kier alpha value is -3.49. The van der Waals surface area contributed by atoms with Gasteiger partial charge < -0.3 is 9.47 Å². The number of nitrogens with zero attached hydrogens (tertiary/aromatic N) is 7. The summed E-state index contributed by atoms with van der Waals surface area (Å²) in [6.45, 7) is 17.2. The van der Waals surface area contributed by atoms with Crippen molar-refractivity contribution in [2.45, 2.75) is 72.8 Å². The SMILES string of the molecule is CCC(C)c1ccc(Cn2c(N=Nc3nc(N(CC)CC)sc3C(C)(C)C)cc(C#N)c2C#N)cc1. The topological polar surface area (TPSA) is 93.4 Å². The Morgan fingerprint density at radius 3 is 2.25 bits per heavy atom. The number of nitriles is 2. The fourth-order valence-corrected chi connectivity index (χ4v) is 5.13. The average molecular weight is 502 g/mol. The Labute approximate surface area is 218 Å². The molecular weight excluding hydrogens is 466 g/mol. The highest BCUT2D eigenvalue weighted by Gasteiger charge is 2.25. The lowest BCUT2D eigenvalue weighted by Gasteiger charge is -2.17. The number of benzene rings is 1. The van der Waals surface area contributed by atoms with Crippen molar-refractivity contribution in [1.82, 2.24) is 9.55 Å². The number of aromatic nitrogens is 2. The van der Waals surface area contributed by atoms with E-state index in [4.69, 9.17) is 4.98 Å². The van der Waals surface area contributed by atoms with Crippen LogP contribution in [0.3, 0.4) is 0 Å². The van der Waals surface area contributed by atoms with Gasteiger partial charge in [0.25, 0.3) is 0 Å². The summed E-state index contributed by atoms with van der Waals surface area (Å²) in [6, 6.07) is 14.3. The van der Waals surface area contributed by atoms with Gasteiger partial charge in [-0.3, -0.25) is 0 Å². The number of hydrogen-bond donors (Lipinski definition) is 0. The molecule has 0 radical (unpaired) electrons. The van der Waals surface area contributed by atoms with Gasteiger partial charge in [0.05, 0.1) is 17.0 Å². The van der Waals surface area contributed by atoms with Crippen LogP contribution in [0.15, 0.2) is 40.6 Å². The van der Waals surface area contributed by atoms with Crippen molar-refractivity contribution in [3.8, 4) is 12.1 Å². The van der Waals surface area contributed by atoms with Gasteiger partial charge in [0.2, 0.25) is 0 Å². The molecular formula is C28H35N7S. The summed E-state index contributed by atoms with van der Waals surface area (Å²) in [5, 5.41) is 29.4. The van der Waals surface area contributed by atoms with Crippen molar-refractivity contribution in [3.63, 3.8) is 0 Å². The van der Waals surface area contributed by atoms with Crippen LogP contribution in [0.25, 0.3) is 0 Å². The maximum Gasteiger partial charge on any atom is 0.191 e. The van der Waals surface area contributed by atoms with Gasteiger partial charge in [-0.25, -0.2) is 0 Å². The molecule has 0 amide bonds. The zero-order chi connectivity index (χ0) is 26.5. The monoisotopic (exact) mass is 501 g/mol. The lowest BCUT2D eigenvalue weighted by Crippen LogP contribution is -2.21. The minimum absolute atomic E-state index is 0.146. The molecule has 3 rings (SSSR count). The molecule has 0 fully saturated rings. The number of thiazole rings is 1. The van der Waals surface area contributed by atoms with Gasteiger partial charge in [0, 0.05) is 24.6 Å². The zero-order valence-electron chi connectivity index (χ0n) is 22.3. The van der Waals surface area contributed by atoms with E-state index in [1.54, 1.807) is 22.0 Å². The van der Waals surface area contributed by atoms with Gasteiger partial charge in [-0.2, -0.15) is 15.5 Å². The van der Waals surface area contributed by atoms with E-state index in [1.165, 1.54) is 5.56 Å². The van der Waals surface area contributed by atoms with Crippen LogP contribution >= 0.6 is 11.3 Å². The number of azo groups is 1. The number of rotatable bonds is 9. The smallest absolute Gasteiger partial charge is 0.191 e. The maximum atomic E-state index is 9.81. The van der Waals surface area contributed by atoms with Crippen LogP contribution in [0.4, 0.5) is 16.8 Å². The van der Waals surface area contributed by atoms with E-state index in [2.05, 4.69) is 100.0 Å². The maximum absolute atomic E-state index is 9.81. The summed E-state index contributed by atoms with van der Waals surface area (Å²) in [7, 11) is 0. The van der Waals surface area contributed by atoms with Crippen molar-refractivity contribution in [3.05, 3.63) is 57.6 Å². The van der Waals surface area contributed by atoms with Crippen LogP contribution in [0.2, 0.25) is 0 Å². The van der Waals surface area contributed by atoms with Gasteiger partial charge in [0.1, 0.15) is 17.8 Å². The highest BCUT2D eigenvalue weighted by molar-refractivity contribution is 7.16. The van der Waals surface area contributed by atoms with E-state index in [-0.39, 0.29) is 11.1 Å². The second-order valence-electron chi connectivity index (χ2n) is 9.90. The first-order valence-electron chi connectivity index (χ1n) is 12.5. The van der Waals surface area contributed by atoms with Crippen molar-refractivity contribution in [2.24, 2.45) is 10.2 Å². The van der Waals surface area contributed by atoms with Crippen LogP contribution in [0, 0.1) is 22.7 Å². The molecule has 0 N–H and O–H groups in total. The summed E-state index contributed by atoms with van der Waals surface area (Å²) in [6.07, 6.45) is 1.08. The molecule has 0 aliphatic carbocycles. The Kier molecular flexibility index (Phi) is 8.66. The Balaban J connectivity index is 2.03. The fraction of sp³-hybridized carbons (Fsp3) is 0.464. The molecule has 1 unspecified atom stereocenters. The van der Waals surface area contributed by atoms with Crippen molar-refractivity contribution >= 4 is 28.1 Å². The molecule has 0 bridgehead atoms. The molecule has 0 saturated carbocycles. The Morgan fingerprint density at radius 2 is 1.72 bits per heavy atom. The van der Waals surface area contributed by atoms with E-state index >= 15 is 0 Å². The second-order valence-corrected chi connectivity index (χ2v) is 10.9. The summed E-state index contributed by atoms with van der Waals surface area (Å²) >= 11 is 1.64. The molecule has 2 heterocycles. The quantitative estimate of drug-likeness (QED) is 0.279. The van der Waals surface area contributed by atoms with Crippen LogP contribution in [0.5, 0.6) is 0 Å². The molecule has 1 aromatic carbocycles. The van der Waals surface area contributed by atoms with Crippen LogP contribution in [0.1, 0.15) is 88.1 Å². The second kappa shape index (κ2) is 11.5. The van der Waals surface area contributed by atoms with Gasteiger partial charge >= 0.3 is 0 Å². The van der Waals surface area contributed by atoms with E-state index in [0.29, 0.717) is 29.7 Å². The molecule has 0 aliphatic rings. The number of anilines is 1. The molecule has 0 aliphatic heterocycles. The van der Waals surface area contributed by atoms with Crippen LogP contribution < -0.4 is 4.90 Å². The largest absolute Gasteiger partial charge is 0.349 e. The molecule has 1 atom stereocenters. The molecule has 7 nitrogen and oxygen atoms in total. The van der Waals surface area contributed by atoms with Crippen LogP contribution in [-0.2, 0) is 12.0 Å². The summed E-state index contributed by atoms with van der Waals surface area (Å²) < 4.78 is 1.76. The molecule has 188 valence electrons. The van der Waals surface area contributed by atoms with Crippen molar-refractivity contribution in [1.29, 1.82) is 10.5 Å². The minimum Gasteiger partial charge on any atom is -0.349 e. The van der Waals surface area contributed by atoms with E-state index in [0.717, 1.165) is 35.1 Å². The average Bonchev–Trinajstić information content (AvgIpc) is 3.44. The predicted molar refractivity (Wildman–Crippen MR) is 147 cm³/mol. The third-order valence-corrected chi connectivity index (χ3v) is 7.89. The first kappa shape index (κ1) is 27.1. The van der Waals surface area contributed by atoms with Crippen molar-refractivity contribution in [2.75, 3.05) is 18.0 Å². The van der Waals surface area contributed by atoms with Crippen LogP contribution in [-0.4, -0.2) is 22.6 Å². The lowest BCUT2D eigenvalue weighted by atomic mass is 9.95. The van der Waals surface area contributed by atoms with E-state index in [9.17, 15) is 10.5 Å². The highest BCUT2D eigenvalue weighted by atomic mass is 32.1. The number of hydrogen-bond acceptors (Lipinski definition) is 7. The van der Waals surface area contributed by atoms with E-state index < -0.39 is 0 Å².